The molecule has 0 radical (unpaired) electrons. The molecule has 30 heavy (non-hydrogen) atoms. The van der Waals surface area contributed by atoms with Gasteiger partial charge in [-0.3, -0.25) is 0 Å². The van der Waals surface area contributed by atoms with Gasteiger partial charge in [0.05, 0.1) is 13.2 Å². The van der Waals surface area contributed by atoms with E-state index in [0.29, 0.717) is 19.8 Å². The Kier molecular flexibility index (Phi) is 7.08. The quantitative estimate of drug-likeness (QED) is 0.636. The van der Waals surface area contributed by atoms with Crippen LogP contribution in [-0.4, -0.2) is 42.9 Å². The molecule has 1 saturated heterocycles. The maximum Gasteiger partial charge on any atom is 0.410 e. The topological polar surface area (TPSA) is 57.2 Å². The molecule has 1 aliphatic heterocycles. The normalized spacial score (nSPS) is 16.3. The van der Waals surface area contributed by atoms with Gasteiger partial charge in [-0.15, -0.1) is 0 Å². The Labute approximate surface area is 178 Å². The van der Waals surface area contributed by atoms with Crippen LogP contribution >= 0.6 is 0 Å². The number of rotatable bonds is 7. The highest BCUT2D eigenvalue weighted by molar-refractivity contribution is 5.69. The third-order valence-electron chi connectivity index (χ3n) is 4.81. The molecule has 1 amide bonds. The molecule has 2 aromatic rings. The van der Waals surface area contributed by atoms with Crippen molar-refractivity contribution in [2.45, 2.75) is 51.9 Å². The third-order valence-corrected chi connectivity index (χ3v) is 4.81. The Bertz CT molecular complexity index is 828. The number of methoxy groups -OCH3 is 1. The van der Waals surface area contributed by atoms with Crippen LogP contribution in [0.5, 0.6) is 17.2 Å². The van der Waals surface area contributed by atoms with Gasteiger partial charge in [0.2, 0.25) is 0 Å². The number of hydrogen-bond donors (Lipinski definition) is 0. The number of likely N-dealkylation sites (tertiary alicyclic amines) is 1. The van der Waals surface area contributed by atoms with Gasteiger partial charge < -0.3 is 23.8 Å². The molecule has 0 spiro atoms. The van der Waals surface area contributed by atoms with E-state index >= 15 is 0 Å². The van der Waals surface area contributed by atoms with Crippen LogP contribution in [0, 0.1) is 0 Å². The van der Waals surface area contributed by atoms with E-state index in [1.54, 1.807) is 12.0 Å². The zero-order chi connectivity index (χ0) is 21.6. The lowest BCUT2D eigenvalue weighted by atomic mass is 10.2. The largest absolute Gasteiger partial charge is 0.497 e. The maximum absolute atomic E-state index is 12.4. The number of ether oxygens (including phenoxy) is 4. The van der Waals surface area contributed by atoms with Crippen LogP contribution in [-0.2, 0) is 11.3 Å². The molecule has 0 unspecified atom stereocenters. The van der Waals surface area contributed by atoms with Crippen molar-refractivity contribution in [1.82, 2.24) is 4.90 Å². The first kappa shape index (κ1) is 21.8. The number of carbonyl (C=O) groups is 1. The van der Waals surface area contributed by atoms with Crippen LogP contribution in [0.1, 0.15) is 39.2 Å². The van der Waals surface area contributed by atoms with E-state index in [4.69, 9.17) is 18.9 Å². The van der Waals surface area contributed by atoms with Gasteiger partial charge in [0, 0.05) is 6.54 Å². The maximum atomic E-state index is 12.4. The predicted molar refractivity (Wildman–Crippen MR) is 115 cm³/mol. The molecule has 6 nitrogen and oxygen atoms in total. The molecule has 0 aliphatic carbocycles. The number of nitrogens with zero attached hydrogens (tertiary/aromatic N) is 1. The van der Waals surface area contributed by atoms with Crippen molar-refractivity contribution in [3.8, 4) is 17.2 Å². The number of hydrogen-bond acceptors (Lipinski definition) is 5. The minimum absolute atomic E-state index is 0.0313. The van der Waals surface area contributed by atoms with Crippen LogP contribution in [0.4, 0.5) is 4.79 Å². The fraction of sp³-hybridized carbons (Fsp3) is 0.458. The smallest absolute Gasteiger partial charge is 0.410 e. The third kappa shape index (κ3) is 6.31. The first-order chi connectivity index (χ1) is 14.3. The van der Waals surface area contributed by atoms with Crippen molar-refractivity contribution in [3.05, 3.63) is 54.1 Å². The Morgan fingerprint density at radius 2 is 1.73 bits per heavy atom. The Morgan fingerprint density at radius 1 is 1.03 bits per heavy atom. The summed E-state index contributed by atoms with van der Waals surface area (Å²) in [6, 6.07) is 15.4. The molecule has 3 rings (SSSR count). The van der Waals surface area contributed by atoms with E-state index in [1.165, 1.54) is 0 Å². The number of amides is 1. The minimum atomic E-state index is -0.494. The molecule has 1 heterocycles. The summed E-state index contributed by atoms with van der Waals surface area (Å²) < 4.78 is 22.5. The van der Waals surface area contributed by atoms with Gasteiger partial charge in [-0.1, -0.05) is 12.1 Å². The van der Waals surface area contributed by atoms with Gasteiger partial charge in [0.25, 0.3) is 0 Å². The summed E-state index contributed by atoms with van der Waals surface area (Å²) in [7, 11) is 1.65. The van der Waals surface area contributed by atoms with Gasteiger partial charge in [-0.2, -0.15) is 0 Å². The van der Waals surface area contributed by atoms with Crippen molar-refractivity contribution in [2.24, 2.45) is 0 Å². The highest BCUT2D eigenvalue weighted by atomic mass is 16.6. The van der Waals surface area contributed by atoms with E-state index in [1.807, 2.05) is 69.3 Å². The lowest BCUT2D eigenvalue weighted by Crippen LogP contribution is -2.42. The van der Waals surface area contributed by atoms with Gasteiger partial charge in [-0.25, -0.2) is 4.79 Å². The summed E-state index contributed by atoms with van der Waals surface area (Å²) in [5, 5.41) is 0. The molecule has 2 aromatic carbocycles. The summed E-state index contributed by atoms with van der Waals surface area (Å²) in [6.07, 6.45) is 1.61. The molecule has 1 fully saturated rings. The second-order valence-corrected chi connectivity index (χ2v) is 8.39. The molecule has 0 aromatic heterocycles. The molecular formula is C24H31NO5. The van der Waals surface area contributed by atoms with Gasteiger partial charge in [0.1, 0.15) is 36.1 Å². The van der Waals surface area contributed by atoms with Crippen molar-refractivity contribution in [3.63, 3.8) is 0 Å². The summed E-state index contributed by atoms with van der Waals surface area (Å²) in [5.74, 6) is 2.33. The highest BCUT2D eigenvalue weighted by Gasteiger charge is 2.32. The first-order valence-corrected chi connectivity index (χ1v) is 10.3. The van der Waals surface area contributed by atoms with Gasteiger partial charge >= 0.3 is 6.09 Å². The molecule has 0 N–H and O–H groups in total. The van der Waals surface area contributed by atoms with E-state index in [9.17, 15) is 4.79 Å². The second-order valence-electron chi connectivity index (χ2n) is 8.39. The molecule has 1 aliphatic rings. The van der Waals surface area contributed by atoms with Gasteiger partial charge in [0.15, 0.2) is 0 Å². The Morgan fingerprint density at radius 3 is 2.40 bits per heavy atom. The zero-order valence-electron chi connectivity index (χ0n) is 18.2. The zero-order valence-corrected chi connectivity index (χ0v) is 18.2. The monoisotopic (exact) mass is 413 g/mol. The van der Waals surface area contributed by atoms with Crippen LogP contribution in [0.3, 0.4) is 0 Å². The Balaban J connectivity index is 1.48. The van der Waals surface area contributed by atoms with Crippen molar-refractivity contribution in [1.29, 1.82) is 0 Å². The Hall–Kier alpha value is -2.89. The van der Waals surface area contributed by atoms with E-state index in [-0.39, 0.29) is 12.1 Å². The summed E-state index contributed by atoms with van der Waals surface area (Å²) in [4.78, 5) is 14.2. The molecule has 1 atom stereocenters. The highest BCUT2D eigenvalue weighted by Crippen LogP contribution is 2.24. The van der Waals surface area contributed by atoms with E-state index in [0.717, 1.165) is 35.7 Å². The average molecular weight is 414 g/mol. The SMILES string of the molecule is COc1cccc(COc2ccc(OC[C@H]3CCCN3C(=O)OC(C)(C)C)cc2)c1. The minimum Gasteiger partial charge on any atom is -0.497 e. The number of benzene rings is 2. The van der Waals surface area contributed by atoms with E-state index < -0.39 is 5.60 Å². The van der Waals surface area contributed by atoms with Crippen molar-refractivity contribution < 1.29 is 23.7 Å². The van der Waals surface area contributed by atoms with Crippen LogP contribution < -0.4 is 14.2 Å². The molecule has 0 bridgehead atoms. The second kappa shape index (κ2) is 9.74. The molecule has 0 saturated carbocycles. The standard InChI is InChI=1S/C24H31NO5/c1-24(2,3)30-23(26)25-14-6-8-19(25)17-29-21-12-10-20(11-13-21)28-16-18-7-5-9-22(15-18)27-4/h5,7,9-13,15,19H,6,8,14,16-17H2,1-4H3/t19-/m1/s1. The van der Waals surface area contributed by atoms with E-state index in [2.05, 4.69) is 0 Å². The van der Waals surface area contributed by atoms with Gasteiger partial charge in [-0.05, 0) is 75.6 Å². The summed E-state index contributed by atoms with van der Waals surface area (Å²) in [6.45, 7) is 7.26. The van der Waals surface area contributed by atoms with Crippen molar-refractivity contribution >= 4 is 6.09 Å². The fourth-order valence-corrected chi connectivity index (χ4v) is 3.32. The molecule has 6 heteroatoms. The summed E-state index contributed by atoms with van der Waals surface area (Å²) in [5.41, 5.74) is 0.546. The van der Waals surface area contributed by atoms with Crippen LogP contribution in [0.15, 0.2) is 48.5 Å². The van der Waals surface area contributed by atoms with Crippen LogP contribution in [0.2, 0.25) is 0 Å². The average Bonchev–Trinajstić information content (AvgIpc) is 3.19. The number of carbonyl (C=O) groups excluding carboxylic acids is 1. The lowest BCUT2D eigenvalue weighted by Gasteiger charge is -2.28. The summed E-state index contributed by atoms with van der Waals surface area (Å²) >= 11 is 0. The predicted octanol–water partition coefficient (Wildman–Crippen LogP) is 5.05. The molecular weight excluding hydrogens is 382 g/mol. The lowest BCUT2D eigenvalue weighted by molar-refractivity contribution is 0.0187. The van der Waals surface area contributed by atoms with Crippen LogP contribution in [0.25, 0.3) is 0 Å². The molecule has 162 valence electrons. The first-order valence-electron chi connectivity index (χ1n) is 10.3. The van der Waals surface area contributed by atoms with Crippen molar-refractivity contribution in [2.75, 3.05) is 20.3 Å². The fourth-order valence-electron chi connectivity index (χ4n) is 3.32.